The molecule has 0 bridgehead atoms. The van der Waals surface area contributed by atoms with Gasteiger partial charge in [-0.1, -0.05) is 23.7 Å². The zero-order chi connectivity index (χ0) is 16.8. The first kappa shape index (κ1) is 17.3. The molecule has 2 rings (SSSR count). The number of methoxy groups -OCH3 is 1. The number of hydrogen-bond donors (Lipinski definition) is 1. The third-order valence-electron chi connectivity index (χ3n) is 2.88. The minimum absolute atomic E-state index is 0.235. The quantitative estimate of drug-likeness (QED) is 0.749. The molecule has 0 heterocycles. The summed E-state index contributed by atoms with van der Waals surface area (Å²) < 4.78 is 11.2. The highest BCUT2D eigenvalue weighted by Gasteiger charge is 2.14. The van der Waals surface area contributed by atoms with Crippen molar-refractivity contribution >= 4 is 45.4 Å². The molecule has 0 saturated carbocycles. The Morgan fingerprint density at radius 3 is 2.74 bits per heavy atom. The van der Waals surface area contributed by atoms with Gasteiger partial charge < -0.3 is 14.8 Å². The van der Waals surface area contributed by atoms with E-state index in [0.717, 1.165) is 0 Å². The molecule has 0 aromatic heterocycles. The van der Waals surface area contributed by atoms with Crippen LogP contribution in [0.4, 0.5) is 5.69 Å². The summed E-state index contributed by atoms with van der Waals surface area (Å²) in [7, 11) is 1.45. The number of amides is 1. The van der Waals surface area contributed by atoms with Gasteiger partial charge in [-0.05, 0) is 40.2 Å². The van der Waals surface area contributed by atoms with E-state index in [1.165, 1.54) is 13.2 Å². The van der Waals surface area contributed by atoms with Crippen LogP contribution in [0.2, 0.25) is 5.02 Å². The average molecular weight is 399 g/mol. The molecule has 1 N–H and O–H groups in total. The summed E-state index contributed by atoms with van der Waals surface area (Å²) in [6.45, 7) is -0.235. The highest BCUT2D eigenvalue weighted by molar-refractivity contribution is 9.10. The summed E-state index contributed by atoms with van der Waals surface area (Å²) in [5.74, 6) is 0.325. The zero-order valence-corrected chi connectivity index (χ0v) is 14.5. The van der Waals surface area contributed by atoms with Crippen molar-refractivity contribution in [1.29, 1.82) is 0 Å². The Hall–Kier alpha value is -2.05. The third kappa shape index (κ3) is 4.46. The number of benzene rings is 2. The van der Waals surface area contributed by atoms with E-state index in [1.807, 2.05) is 0 Å². The number of ether oxygens (including phenoxy) is 2. The molecule has 5 nitrogen and oxygen atoms in total. The zero-order valence-electron chi connectivity index (χ0n) is 12.1. The number of rotatable bonds is 6. The van der Waals surface area contributed by atoms with Crippen molar-refractivity contribution in [2.24, 2.45) is 0 Å². The van der Waals surface area contributed by atoms with Gasteiger partial charge in [0.05, 0.1) is 22.3 Å². The lowest BCUT2D eigenvalue weighted by molar-refractivity contribution is -0.118. The van der Waals surface area contributed by atoms with Gasteiger partial charge in [0, 0.05) is 5.56 Å². The van der Waals surface area contributed by atoms with Crippen LogP contribution in [0.3, 0.4) is 0 Å². The number of anilines is 1. The molecule has 0 radical (unpaired) electrons. The Balaban J connectivity index is 2.07. The minimum Gasteiger partial charge on any atom is -0.493 e. The smallest absolute Gasteiger partial charge is 0.262 e. The summed E-state index contributed by atoms with van der Waals surface area (Å²) >= 11 is 9.27. The maximum atomic E-state index is 12.0. The fraction of sp³-hybridized carbons (Fsp3) is 0.125. The molecule has 0 unspecified atom stereocenters. The standard InChI is InChI=1S/C16H13BrClNO4/c1-22-14-7-10(8-20)6-11(17)16(14)23-9-15(21)19-13-5-3-2-4-12(13)18/h2-8H,9H2,1H3,(H,19,21). The Labute approximate surface area is 146 Å². The normalized spacial score (nSPS) is 10.0. The lowest BCUT2D eigenvalue weighted by Gasteiger charge is -2.13. The second-order valence-corrected chi connectivity index (χ2v) is 5.73. The highest BCUT2D eigenvalue weighted by atomic mass is 79.9. The Morgan fingerprint density at radius 2 is 2.09 bits per heavy atom. The average Bonchev–Trinajstić information content (AvgIpc) is 2.55. The molecule has 7 heteroatoms. The molecule has 0 fully saturated rings. The molecular formula is C16H13BrClNO4. The Kier molecular flexibility index (Phi) is 6.01. The number of para-hydroxylation sites is 1. The van der Waals surface area contributed by atoms with Gasteiger partial charge in [-0.25, -0.2) is 0 Å². The van der Waals surface area contributed by atoms with Crippen LogP contribution in [0.15, 0.2) is 40.9 Å². The van der Waals surface area contributed by atoms with E-state index < -0.39 is 0 Å². The predicted octanol–water partition coefficient (Wildman–Crippen LogP) is 3.94. The summed E-state index contributed by atoms with van der Waals surface area (Å²) in [6.07, 6.45) is 0.696. The lowest BCUT2D eigenvalue weighted by atomic mass is 10.2. The van der Waals surface area contributed by atoms with E-state index in [9.17, 15) is 9.59 Å². The largest absolute Gasteiger partial charge is 0.493 e. The molecule has 0 saturated heterocycles. The summed E-state index contributed by atoms with van der Waals surface area (Å²) in [5.41, 5.74) is 0.937. The molecule has 0 spiro atoms. The number of hydrogen-bond acceptors (Lipinski definition) is 4. The number of halogens is 2. The number of nitrogens with one attached hydrogen (secondary N) is 1. The SMILES string of the molecule is COc1cc(C=O)cc(Br)c1OCC(=O)Nc1ccccc1Cl. The maximum Gasteiger partial charge on any atom is 0.262 e. The molecule has 23 heavy (non-hydrogen) atoms. The van der Waals surface area contributed by atoms with Crippen LogP contribution in [0.5, 0.6) is 11.5 Å². The molecule has 0 atom stereocenters. The summed E-state index contributed by atoms with van der Waals surface area (Å²) in [4.78, 5) is 22.8. The van der Waals surface area contributed by atoms with E-state index >= 15 is 0 Å². The van der Waals surface area contributed by atoms with Gasteiger partial charge in [-0.2, -0.15) is 0 Å². The predicted molar refractivity (Wildman–Crippen MR) is 91.7 cm³/mol. The van der Waals surface area contributed by atoms with Gasteiger partial charge in [0.2, 0.25) is 0 Å². The molecule has 0 aliphatic heterocycles. The van der Waals surface area contributed by atoms with Crippen LogP contribution in [-0.2, 0) is 4.79 Å². The fourth-order valence-corrected chi connectivity index (χ4v) is 2.59. The van der Waals surface area contributed by atoms with Crippen LogP contribution in [-0.4, -0.2) is 25.9 Å². The van der Waals surface area contributed by atoms with Crippen molar-refractivity contribution in [1.82, 2.24) is 0 Å². The van der Waals surface area contributed by atoms with Gasteiger partial charge in [0.25, 0.3) is 5.91 Å². The van der Waals surface area contributed by atoms with E-state index in [2.05, 4.69) is 21.2 Å². The second kappa shape index (κ2) is 7.99. The molecule has 0 aliphatic rings. The van der Waals surface area contributed by atoms with Gasteiger partial charge in [0.1, 0.15) is 6.29 Å². The van der Waals surface area contributed by atoms with Gasteiger partial charge >= 0.3 is 0 Å². The first-order valence-electron chi connectivity index (χ1n) is 6.55. The van der Waals surface area contributed by atoms with Crippen molar-refractivity contribution in [2.75, 3.05) is 19.0 Å². The van der Waals surface area contributed by atoms with Gasteiger partial charge in [-0.3, -0.25) is 9.59 Å². The van der Waals surface area contributed by atoms with E-state index in [4.69, 9.17) is 21.1 Å². The lowest BCUT2D eigenvalue weighted by Crippen LogP contribution is -2.20. The molecule has 1 amide bonds. The minimum atomic E-state index is -0.369. The van der Waals surface area contributed by atoms with Crippen molar-refractivity contribution in [2.45, 2.75) is 0 Å². The highest BCUT2D eigenvalue weighted by Crippen LogP contribution is 2.36. The number of carbonyl (C=O) groups is 2. The first-order valence-corrected chi connectivity index (χ1v) is 7.72. The van der Waals surface area contributed by atoms with Crippen molar-refractivity contribution in [3.05, 3.63) is 51.5 Å². The van der Waals surface area contributed by atoms with Gasteiger partial charge in [0.15, 0.2) is 18.1 Å². The summed E-state index contributed by atoms with van der Waals surface area (Å²) in [5, 5.41) is 3.09. The number of carbonyl (C=O) groups excluding carboxylic acids is 2. The van der Waals surface area contributed by atoms with Crippen LogP contribution in [0.1, 0.15) is 10.4 Å². The topological polar surface area (TPSA) is 64.6 Å². The van der Waals surface area contributed by atoms with Crippen LogP contribution in [0, 0.1) is 0 Å². The van der Waals surface area contributed by atoms with Crippen LogP contribution < -0.4 is 14.8 Å². The number of aldehydes is 1. The van der Waals surface area contributed by atoms with E-state index in [-0.39, 0.29) is 12.5 Å². The van der Waals surface area contributed by atoms with Crippen molar-refractivity contribution < 1.29 is 19.1 Å². The van der Waals surface area contributed by atoms with Crippen LogP contribution >= 0.6 is 27.5 Å². The molecule has 0 aliphatic carbocycles. The van der Waals surface area contributed by atoms with E-state index in [1.54, 1.807) is 30.3 Å². The van der Waals surface area contributed by atoms with Crippen molar-refractivity contribution in [3.63, 3.8) is 0 Å². The Morgan fingerprint density at radius 1 is 1.35 bits per heavy atom. The Bertz CT molecular complexity index is 736. The van der Waals surface area contributed by atoms with Gasteiger partial charge in [-0.15, -0.1) is 0 Å². The first-order chi connectivity index (χ1) is 11.0. The molecule has 2 aromatic carbocycles. The molecule has 2 aromatic rings. The monoisotopic (exact) mass is 397 g/mol. The third-order valence-corrected chi connectivity index (χ3v) is 3.80. The molecule has 120 valence electrons. The fourth-order valence-electron chi connectivity index (χ4n) is 1.83. The van der Waals surface area contributed by atoms with E-state index in [0.29, 0.717) is 38.5 Å². The molecular weight excluding hydrogens is 386 g/mol. The second-order valence-electron chi connectivity index (χ2n) is 4.47. The summed E-state index contributed by atoms with van der Waals surface area (Å²) in [6, 6.07) is 10.0. The van der Waals surface area contributed by atoms with Crippen LogP contribution in [0.25, 0.3) is 0 Å². The van der Waals surface area contributed by atoms with Crippen molar-refractivity contribution in [3.8, 4) is 11.5 Å². The maximum absolute atomic E-state index is 12.0.